The molecule has 1 aliphatic carbocycles. The van der Waals surface area contributed by atoms with Crippen molar-refractivity contribution in [2.45, 2.75) is 36.5 Å². The van der Waals surface area contributed by atoms with E-state index in [9.17, 15) is 17.2 Å². The monoisotopic (exact) mass is 276 g/mol. The first kappa shape index (κ1) is 14.1. The largest absolute Gasteiger partial charge is 0.315 e. The van der Waals surface area contributed by atoms with Crippen LogP contribution in [0.3, 0.4) is 0 Å². The lowest BCUT2D eigenvalue weighted by molar-refractivity contribution is -0.0877. The highest BCUT2D eigenvalue weighted by molar-refractivity contribution is 7.90. The number of hydrogen-bond donors (Lipinski definition) is 2. The lowest BCUT2D eigenvalue weighted by Crippen LogP contribution is -2.52. The van der Waals surface area contributed by atoms with Gasteiger partial charge in [-0.25, -0.2) is 21.9 Å². The molecule has 2 aliphatic rings. The van der Waals surface area contributed by atoms with Crippen molar-refractivity contribution in [3.05, 3.63) is 0 Å². The Morgan fingerprint density at radius 1 is 1.31 bits per heavy atom. The van der Waals surface area contributed by atoms with Crippen LogP contribution in [0.4, 0.5) is 8.78 Å². The molecule has 1 atom stereocenters. The summed E-state index contributed by atoms with van der Waals surface area (Å²) in [4.78, 5) is 0. The maximum atomic E-state index is 12.5. The second-order valence-electron chi connectivity index (χ2n) is 4.24. The molecule has 0 bridgehead atoms. The molecule has 0 radical (unpaired) electrons. The van der Waals surface area contributed by atoms with Crippen LogP contribution in [-0.4, -0.2) is 38.7 Å². The first-order chi connectivity index (χ1) is 6.89. The Morgan fingerprint density at radius 3 is 2.38 bits per heavy atom. The highest BCUT2D eigenvalue weighted by atomic mass is 35.5. The molecule has 0 aromatic heterocycles. The Hall–Kier alpha value is 0.0200. The summed E-state index contributed by atoms with van der Waals surface area (Å²) in [6.07, 6.45) is -0.183. The predicted octanol–water partition coefficient (Wildman–Crippen LogP) is 0.487. The molecule has 1 aliphatic heterocycles. The fourth-order valence-electron chi connectivity index (χ4n) is 1.97. The second-order valence-corrected chi connectivity index (χ2v) is 6.23. The van der Waals surface area contributed by atoms with Crippen LogP contribution < -0.4 is 10.0 Å². The molecular formula is C8H15ClF2N2O2S. The average molecular weight is 277 g/mol. The minimum Gasteiger partial charge on any atom is -0.315 e. The van der Waals surface area contributed by atoms with Crippen LogP contribution in [0.1, 0.15) is 19.3 Å². The SMILES string of the molecule is Cl.O=S(=O)(NC1CC(F)(F)C1)C1CCNC1. The summed E-state index contributed by atoms with van der Waals surface area (Å²) in [6, 6.07) is -0.578. The zero-order valence-corrected chi connectivity index (χ0v) is 10.2. The molecule has 4 nitrogen and oxygen atoms in total. The van der Waals surface area contributed by atoms with Gasteiger partial charge in [0.2, 0.25) is 10.0 Å². The van der Waals surface area contributed by atoms with E-state index in [1.807, 2.05) is 0 Å². The molecule has 2 fully saturated rings. The summed E-state index contributed by atoms with van der Waals surface area (Å²) in [7, 11) is -3.42. The van der Waals surface area contributed by atoms with Gasteiger partial charge in [0.15, 0.2) is 0 Å². The van der Waals surface area contributed by atoms with Crippen LogP contribution in [0, 0.1) is 0 Å². The molecular weight excluding hydrogens is 262 g/mol. The zero-order valence-electron chi connectivity index (χ0n) is 8.58. The predicted molar refractivity (Wildman–Crippen MR) is 58.5 cm³/mol. The van der Waals surface area contributed by atoms with Crippen LogP contribution in [0.5, 0.6) is 0 Å². The first-order valence-corrected chi connectivity index (χ1v) is 6.53. The molecule has 1 saturated heterocycles. The quantitative estimate of drug-likeness (QED) is 0.789. The molecule has 96 valence electrons. The van der Waals surface area contributed by atoms with Crippen LogP contribution >= 0.6 is 12.4 Å². The van der Waals surface area contributed by atoms with Gasteiger partial charge in [-0.1, -0.05) is 0 Å². The van der Waals surface area contributed by atoms with Crippen molar-refractivity contribution in [1.29, 1.82) is 0 Å². The summed E-state index contributed by atoms with van der Waals surface area (Å²) in [5, 5.41) is 2.47. The average Bonchev–Trinajstić information content (AvgIpc) is 2.51. The lowest BCUT2D eigenvalue weighted by atomic mass is 9.89. The maximum absolute atomic E-state index is 12.5. The molecule has 1 unspecified atom stereocenters. The van der Waals surface area contributed by atoms with Crippen LogP contribution in [0.15, 0.2) is 0 Å². The van der Waals surface area contributed by atoms with Gasteiger partial charge in [-0.3, -0.25) is 0 Å². The Kier molecular flexibility index (Phi) is 4.15. The zero-order chi connectivity index (χ0) is 11.1. The Morgan fingerprint density at radius 2 is 1.94 bits per heavy atom. The third kappa shape index (κ3) is 3.03. The van der Waals surface area contributed by atoms with Crippen molar-refractivity contribution >= 4 is 22.4 Å². The van der Waals surface area contributed by atoms with Gasteiger partial charge in [-0.2, -0.15) is 0 Å². The van der Waals surface area contributed by atoms with E-state index < -0.39 is 27.2 Å². The normalized spacial score (nSPS) is 29.5. The summed E-state index contributed by atoms with van der Waals surface area (Å²) in [5.41, 5.74) is 0. The van der Waals surface area contributed by atoms with Crippen LogP contribution in [-0.2, 0) is 10.0 Å². The number of hydrogen-bond acceptors (Lipinski definition) is 3. The second kappa shape index (κ2) is 4.72. The lowest BCUT2D eigenvalue weighted by Gasteiger charge is -2.35. The van der Waals surface area contributed by atoms with Gasteiger partial charge in [0.05, 0.1) is 5.25 Å². The topological polar surface area (TPSA) is 58.2 Å². The maximum Gasteiger partial charge on any atom is 0.251 e. The summed E-state index contributed by atoms with van der Waals surface area (Å²) in [5.74, 6) is -2.68. The minimum absolute atomic E-state index is 0. The smallest absolute Gasteiger partial charge is 0.251 e. The standard InChI is InChI=1S/C8H14F2N2O2S.ClH/c9-8(10)3-6(4-8)12-15(13,14)7-1-2-11-5-7;/h6-7,11-12H,1-5H2;1H. The van der Waals surface area contributed by atoms with Crippen molar-refractivity contribution in [2.24, 2.45) is 0 Å². The van der Waals surface area contributed by atoms with E-state index in [-0.39, 0.29) is 25.2 Å². The van der Waals surface area contributed by atoms with Gasteiger partial charge in [-0.15, -0.1) is 12.4 Å². The summed E-state index contributed by atoms with van der Waals surface area (Å²) in [6.45, 7) is 1.09. The van der Waals surface area contributed by atoms with Crippen LogP contribution in [0.2, 0.25) is 0 Å². The highest BCUT2D eigenvalue weighted by Gasteiger charge is 2.47. The third-order valence-corrected chi connectivity index (χ3v) is 4.82. The minimum atomic E-state index is -3.42. The molecule has 0 spiro atoms. The summed E-state index contributed by atoms with van der Waals surface area (Å²) < 4.78 is 50.6. The molecule has 2 rings (SSSR count). The molecule has 16 heavy (non-hydrogen) atoms. The number of halogens is 3. The van der Waals surface area contributed by atoms with Crippen molar-refractivity contribution < 1.29 is 17.2 Å². The molecule has 0 aromatic rings. The van der Waals surface area contributed by atoms with Gasteiger partial charge < -0.3 is 5.32 Å². The Balaban J connectivity index is 0.00000128. The molecule has 1 heterocycles. The van der Waals surface area contributed by atoms with E-state index >= 15 is 0 Å². The van der Waals surface area contributed by atoms with Crippen molar-refractivity contribution in [2.75, 3.05) is 13.1 Å². The molecule has 0 aromatic carbocycles. The van der Waals surface area contributed by atoms with E-state index in [1.165, 1.54) is 0 Å². The van der Waals surface area contributed by atoms with Gasteiger partial charge in [0.1, 0.15) is 0 Å². The number of nitrogens with one attached hydrogen (secondary N) is 2. The van der Waals surface area contributed by atoms with E-state index in [1.54, 1.807) is 0 Å². The van der Waals surface area contributed by atoms with E-state index in [0.29, 0.717) is 19.5 Å². The fourth-order valence-corrected chi connectivity index (χ4v) is 3.56. The van der Waals surface area contributed by atoms with Gasteiger partial charge in [0.25, 0.3) is 5.92 Å². The molecule has 0 amide bonds. The van der Waals surface area contributed by atoms with Gasteiger partial charge >= 0.3 is 0 Å². The number of rotatable bonds is 3. The third-order valence-electron chi connectivity index (χ3n) is 2.87. The van der Waals surface area contributed by atoms with Crippen molar-refractivity contribution in [1.82, 2.24) is 10.0 Å². The van der Waals surface area contributed by atoms with E-state index in [2.05, 4.69) is 10.0 Å². The van der Waals surface area contributed by atoms with Crippen molar-refractivity contribution in [3.63, 3.8) is 0 Å². The molecule has 8 heteroatoms. The van der Waals surface area contributed by atoms with E-state index in [4.69, 9.17) is 0 Å². The Bertz CT molecular complexity index is 336. The Labute approximate surface area is 99.6 Å². The summed E-state index contributed by atoms with van der Waals surface area (Å²) >= 11 is 0. The first-order valence-electron chi connectivity index (χ1n) is 4.99. The number of alkyl halides is 2. The van der Waals surface area contributed by atoms with E-state index in [0.717, 1.165) is 0 Å². The van der Waals surface area contributed by atoms with Gasteiger partial charge in [-0.05, 0) is 13.0 Å². The fraction of sp³-hybridized carbons (Fsp3) is 1.00. The van der Waals surface area contributed by atoms with Crippen LogP contribution in [0.25, 0.3) is 0 Å². The molecule has 1 saturated carbocycles. The highest BCUT2D eigenvalue weighted by Crippen LogP contribution is 2.37. The number of sulfonamides is 1. The van der Waals surface area contributed by atoms with Gasteiger partial charge in [0, 0.05) is 25.4 Å². The van der Waals surface area contributed by atoms with Crippen molar-refractivity contribution in [3.8, 4) is 0 Å². The molecule has 2 N–H and O–H groups in total.